The van der Waals surface area contributed by atoms with Gasteiger partial charge in [-0.15, -0.1) is 0 Å². The van der Waals surface area contributed by atoms with Crippen molar-refractivity contribution in [3.05, 3.63) is 65.7 Å². The number of para-hydroxylation sites is 1. The van der Waals surface area contributed by atoms with Crippen molar-refractivity contribution >= 4 is 17.8 Å². The largest absolute Gasteiger partial charge is 0.496 e. The van der Waals surface area contributed by atoms with E-state index < -0.39 is 5.92 Å². The predicted molar refractivity (Wildman–Crippen MR) is 109 cm³/mol. The highest BCUT2D eigenvalue weighted by molar-refractivity contribution is 5.99. The third-order valence-corrected chi connectivity index (χ3v) is 5.92. The molecule has 0 aliphatic carbocycles. The van der Waals surface area contributed by atoms with E-state index in [0.29, 0.717) is 24.3 Å². The van der Waals surface area contributed by atoms with Crippen LogP contribution in [-0.4, -0.2) is 60.9 Å². The van der Waals surface area contributed by atoms with Crippen LogP contribution in [0.4, 0.5) is 0 Å². The Hall–Kier alpha value is -3.35. The van der Waals surface area contributed by atoms with E-state index in [1.807, 2.05) is 30.3 Å². The lowest BCUT2D eigenvalue weighted by molar-refractivity contribution is -0.147. The van der Waals surface area contributed by atoms with Crippen molar-refractivity contribution in [3.63, 3.8) is 0 Å². The monoisotopic (exact) mass is 408 g/mol. The van der Waals surface area contributed by atoms with Crippen molar-refractivity contribution in [2.45, 2.75) is 18.5 Å². The quantitative estimate of drug-likeness (QED) is 0.726. The van der Waals surface area contributed by atoms with Gasteiger partial charge >= 0.3 is 5.97 Å². The molecule has 2 aromatic carbocycles. The summed E-state index contributed by atoms with van der Waals surface area (Å²) in [4.78, 5) is 42.1. The molecule has 2 amide bonds. The van der Waals surface area contributed by atoms with Crippen molar-refractivity contribution in [1.29, 1.82) is 0 Å². The van der Waals surface area contributed by atoms with Gasteiger partial charge in [0.1, 0.15) is 12.3 Å². The lowest BCUT2D eigenvalue weighted by Gasteiger charge is -2.40. The minimum absolute atomic E-state index is 0.0371. The third-order valence-electron chi connectivity index (χ3n) is 5.92. The van der Waals surface area contributed by atoms with E-state index in [-0.39, 0.29) is 36.4 Å². The van der Waals surface area contributed by atoms with Crippen molar-refractivity contribution in [2.24, 2.45) is 5.92 Å². The number of rotatable bonds is 4. The fraction of sp³-hybridized carbons (Fsp3) is 0.348. The molecule has 0 bridgehead atoms. The summed E-state index contributed by atoms with van der Waals surface area (Å²) in [6.07, 6.45) is 0.452. The number of methoxy groups -OCH3 is 2. The van der Waals surface area contributed by atoms with Gasteiger partial charge in [0.2, 0.25) is 5.91 Å². The molecular weight excluding hydrogens is 384 g/mol. The van der Waals surface area contributed by atoms with Crippen molar-refractivity contribution in [1.82, 2.24) is 9.80 Å². The highest BCUT2D eigenvalue weighted by Crippen LogP contribution is 2.43. The second-order valence-electron chi connectivity index (χ2n) is 7.56. The van der Waals surface area contributed by atoms with Gasteiger partial charge in [-0.1, -0.05) is 42.5 Å². The lowest BCUT2D eigenvalue weighted by Crippen LogP contribution is -2.55. The third kappa shape index (κ3) is 3.40. The highest BCUT2D eigenvalue weighted by Gasteiger charge is 2.51. The summed E-state index contributed by atoms with van der Waals surface area (Å²) in [6.45, 7) is 0.323. The van der Waals surface area contributed by atoms with E-state index in [9.17, 15) is 14.4 Å². The van der Waals surface area contributed by atoms with Crippen LogP contribution in [-0.2, 0) is 14.3 Å². The molecule has 0 unspecified atom stereocenters. The van der Waals surface area contributed by atoms with Crippen LogP contribution < -0.4 is 4.74 Å². The molecule has 0 spiro atoms. The molecule has 3 atom stereocenters. The number of carbonyl (C=O) groups excluding carboxylic acids is 3. The minimum Gasteiger partial charge on any atom is -0.496 e. The molecule has 7 nitrogen and oxygen atoms in total. The molecule has 30 heavy (non-hydrogen) atoms. The molecule has 2 aliphatic heterocycles. The molecule has 2 fully saturated rings. The van der Waals surface area contributed by atoms with E-state index in [0.717, 1.165) is 5.56 Å². The van der Waals surface area contributed by atoms with Gasteiger partial charge in [0.15, 0.2) is 0 Å². The smallest absolute Gasteiger partial charge is 0.311 e. The van der Waals surface area contributed by atoms with Crippen LogP contribution in [0.1, 0.15) is 28.4 Å². The maximum atomic E-state index is 13.2. The summed E-state index contributed by atoms with van der Waals surface area (Å²) in [5, 5.41) is 0. The zero-order chi connectivity index (χ0) is 21.3. The summed E-state index contributed by atoms with van der Waals surface area (Å²) in [7, 11) is 2.87. The number of fused-ring (bicyclic) bond motifs is 1. The van der Waals surface area contributed by atoms with E-state index in [1.165, 1.54) is 14.2 Å². The van der Waals surface area contributed by atoms with E-state index >= 15 is 0 Å². The number of hydrogen-bond acceptors (Lipinski definition) is 5. The van der Waals surface area contributed by atoms with Crippen LogP contribution >= 0.6 is 0 Å². The summed E-state index contributed by atoms with van der Waals surface area (Å²) in [5.74, 6) is -0.757. The Morgan fingerprint density at radius 3 is 2.40 bits per heavy atom. The Morgan fingerprint density at radius 1 is 1.00 bits per heavy atom. The van der Waals surface area contributed by atoms with Crippen LogP contribution in [0, 0.1) is 5.92 Å². The van der Waals surface area contributed by atoms with Crippen LogP contribution in [0.25, 0.3) is 0 Å². The number of benzene rings is 2. The number of piperazine rings is 1. The summed E-state index contributed by atoms with van der Waals surface area (Å²) < 4.78 is 10.3. The van der Waals surface area contributed by atoms with Crippen LogP contribution in [0.2, 0.25) is 0 Å². The first kappa shape index (κ1) is 19.9. The van der Waals surface area contributed by atoms with Crippen LogP contribution in [0.15, 0.2) is 54.6 Å². The van der Waals surface area contributed by atoms with Crippen molar-refractivity contribution in [3.8, 4) is 5.75 Å². The number of nitrogens with zero attached hydrogens (tertiary/aromatic N) is 2. The Morgan fingerprint density at radius 2 is 1.70 bits per heavy atom. The zero-order valence-corrected chi connectivity index (χ0v) is 17.0. The SMILES string of the molecule is COC(=O)[C@H]1C[C@H]2CN(C(=O)c3ccccc3OC)CC(=O)N2[C@H]1c1ccccc1. The van der Waals surface area contributed by atoms with Gasteiger partial charge in [0.05, 0.1) is 37.8 Å². The molecule has 2 aliphatic rings. The summed E-state index contributed by atoms with van der Waals surface area (Å²) in [6, 6.07) is 15.9. The molecule has 0 radical (unpaired) electrons. The van der Waals surface area contributed by atoms with Crippen molar-refractivity contribution < 1.29 is 23.9 Å². The first-order valence-corrected chi connectivity index (χ1v) is 9.91. The second kappa shape index (κ2) is 8.18. The Balaban J connectivity index is 1.63. The molecule has 2 saturated heterocycles. The summed E-state index contributed by atoms with van der Waals surface area (Å²) in [5.41, 5.74) is 1.32. The standard InChI is InChI=1S/C23H24N2O5/c1-29-19-11-7-6-10-17(19)22(27)24-13-16-12-18(23(28)30-2)21(25(16)20(26)14-24)15-8-4-3-5-9-15/h3-11,16,18,21H,12-14H2,1-2H3/t16-,18-,21-/m0/s1. The number of ether oxygens (including phenoxy) is 2. The fourth-order valence-corrected chi connectivity index (χ4v) is 4.61. The molecule has 0 saturated carbocycles. The topological polar surface area (TPSA) is 76.1 Å². The molecule has 0 N–H and O–H groups in total. The van der Waals surface area contributed by atoms with Gasteiger partial charge in [-0.25, -0.2) is 0 Å². The Kier molecular flexibility index (Phi) is 5.44. The van der Waals surface area contributed by atoms with E-state index in [1.54, 1.807) is 34.1 Å². The first-order valence-electron chi connectivity index (χ1n) is 9.91. The number of hydrogen-bond donors (Lipinski definition) is 0. The van der Waals surface area contributed by atoms with Crippen molar-refractivity contribution in [2.75, 3.05) is 27.3 Å². The van der Waals surface area contributed by atoms with E-state index in [4.69, 9.17) is 9.47 Å². The van der Waals surface area contributed by atoms with Gasteiger partial charge in [-0.3, -0.25) is 14.4 Å². The van der Waals surface area contributed by atoms with Gasteiger partial charge in [0.25, 0.3) is 5.91 Å². The average molecular weight is 408 g/mol. The lowest BCUT2D eigenvalue weighted by atomic mass is 9.93. The molecule has 2 aromatic rings. The number of amides is 2. The number of esters is 1. The fourth-order valence-electron chi connectivity index (χ4n) is 4.61. The maximum absolute atomic E-state index is 13.2. The second-order valence-corrected chi connectivity index (χ2v) is 7.56. The predicted octanol–water partition coefficient (Wildman–Crippen LogP) is 2.28. The minimum atomic E-state index is -0.465. The van der Waals surface area contributed by atoms with Crippen LogP contribution in [0.3, 0.4) is 0 Å². The number of carbonyl (C=O) groups is 3. The van der Waals surface area contributed by atoms with Gasteiger partial charge < -0.3 is 19.3 Å². The molecule has 7 heteroatoms. The zero-order valence-electron chi connectivity index (χ0n) is 17.0. The molecule has 156 valence electrons. The Labute approximate surface area is 175 Å². The molecular formula is C23H24N2O5. The first-order chi connectivity index (χ1) is 14.5. The van der Waals surface area contributed by atoms with E-state index in [2.05, 4.69) is 0 Å². The maximum Gasteiger partial charge on any atom is 0.311 e. The molecule has 4 rings (SSSR count). The van der Waals surface area contributed by atoms with Gasteiger partial charge in [-0.05, 0) is 24.1 Å². The summed E-state index contributed by atoms with van der Waals surface area (Å²) >= 11 is 0. The normalized spacial score (nSPS) is 23.1. The Bertz CT molecular complexity index is 961. The van der Waals surface area contributed by atoms with Gasteiger partial charge in [0, 0.05) is 6.54 Å². The van der Waals surface area contributed by atoms with Crippen LogP contribution in [0.5, 0.6) is 5.75 Å². The molecule has 0 aromatic heterocycles. The average Bonchev–Trinajstić information content (AvgIpc) is 3.18. The van der Waals surface area contributed by atoms with Gasteiger partial charge in [-0.2, -0.15) is 0 Å². The molecule has 2 heterocycles. The highest BCUT2D eigenvalue weighted by atomic mass is 16.5.